The molecule has 3 N–H and O–H groups in total. The Kier molecular flexibility index (Phi) is 5.05. The number of thiazole rings is 1. The number of amides is 1. The number of nitrogens with zero attached hydrogens (tertiary/aromatic N) is 2. The summed E-state index contributed by atoms with van der Waals surface area (Å²) in [5, 5.41) is 7.10. The molecule has 0 spiro atoms. The number of pyridine rings is 1. The number of carbonyl (C=O) groups excluding carboxylic acids is 1. The molecule has 24 heavy (non-hydrogen) atoms. The average Bonchev–Trinajstić information content (AvgIpc) is 2.97. The zero-order valence-corrected chi connectivity index (χ0v) is 14.4. The van der Waals surface area contributed by atoms with Crippen molar-refractivity contribution in [1.82, 2.24) is 15.3 Å². The minimum Gasteiger partial charge on any atom is -0.399 e. The minimum absolute atomic E-state index is 0.00684. The fraction of sp³-hybridized carbons (Fsp3) is 0.278. The van der Waals surface area contributed by atoms with Crippen molar-refractivity contribution in [3.63, 3.8) is 0 Å². The number of aryl methyl sites for hydroxylation is 2. The van der Waals surface area contributed by atoms with Crippen LogP contribution in [0.15, 0.2) is 35.7 Å². The van der Waals surface area contributed by atoms with Gasteiger partial charge in [0.25, 0.3) is 0 Å². The van der Waals surface area contributed by atoms with Gasteiger partial charge in [-0.1, -0.05) is 6.07 Å². The second-order valence-electron chi connectivity index (χ2n) is 5.77. The number of nitrogen functional groups attached to an aromatic ring is 1. The van der Waals surface area contributed by atoms with Crippen molar-refractivity contribution in [2.45, 2.75) is 26.2 Å². The molecular weight excluding hydrogens is 320 g/mol. The van der Waals surface area contributed by atoms with Gasteiger partial charge in [-0.2, -0.15) is 0 Å². The molecule has 2 heterocycles. The van der Waals surface area contributed by atoms with E-state index in [1.165, 1.54) is 0 Å². The molecule has 0 radical (unpaired) electrons. The monoisotopic (exact) mass is 340 g/mol. The summed E-state index contributed by atoms with van der Waals surface area (Å²) in [5.74, 6) is -0.00684. The quantitative estimate of drug-likeness (QED) is 0.534. The van der Waals surface area contributed by atoms with Crippen molar-refractivity contribution in [1.29, 1.82) is 0 Å². The number of benzene rings is 1. The van der Waals surface area contributed by atoms with Crippen LogP contribution in [0.5, 0.6) is 0 Å². The third-order valence-electron chi connectivity index (χ3n) is 3.67. The Hall–Kier alpha value is -2.47. The third-order valence-corrected chi connectivity index (χ3v) is 4.70. The molecule has 0 aliphatic heterocycles. The Morgan fingerprint density at radius 3 is 2.92 bits per heavy atom. The highest BCUT2D eigenvalue weighted by Gasteiger charge is 2.06. The van der Waals surface area contributed by atoms with E-state index in [9.17, 15) is 4.79 Å². The lowest BCUT2D eigenvalue weighted by molar-refractivity contribution is -0.120. The zero-order valence-electron chi connectivity index (χ0n) is 13.6. The zero-order chi connectivity index (χ0) is 16.9. The lowest BCUT2D eigenvalue weighted by Crippen LogP contribution is -2.26. The molecule has 3 aromatic rings. The van der Waals surface area contributed by atoms with Gasteiger partial charge < -0.3 is 11.1 Å². The van der Waals surface area contributed by atoms with Crippen molar-refractivity contribution in [3.8, 4) is 0 Å². The van der Waals surface area contributed by atoms with Crippen LogP contribution in [-0.2, 0) is 17.6 Å². The van der Waals surface area contributed by atoms with Crippen molar-refractivity contribution in [2.24, 2.45) is 0 Å². The highest BCUT2D eigenvalue weighted by molar-refractivity contribution is 7.09. The number of anilines is 1. The fourth-order valence-corrected chi connectivity index (χ4v) is 3.31. The van der Waals surface area contributed by atoms with E-state index in [0.29, 0.717) is 12.2 Å². The van der Waals surface area contributed by atoms with E-state index in [-0.39, 0.29) is 12.3 Å². The third kappa shape index (κ3) is 4.29. The SMILES string of the molecule is Cc1csc(CCCNC(=O)Cc2ccc3cc(N)ccc3n2)n1. The topological polar surface area (TPSA) is 80.9 Å². The lowest BCUT2D eigenvalue weighted by atomic mass is 10.1. The Balaban J connectivity index is 1.48. The summed E-state index contributed by atoms with van der Waals surface area (Å²) in [6, 6.07) is 9.40. The van der Waals surface area contributed by atoms with Gasteiger partial charge in [-0.25, -0.2) is 4.98 Å². The predicted octanol–water partition coefficient (Wildman–Crippen LogP) is 2.87. The van der Waals surface area contributed by atoms with Crippen LogP contribution in [0.3, 0.4) is 0 Å². The van der Waals surface area contributed by atoms with Crippen LogP contribution in [0.25, 0.3) is 10.9 Å². The maximum absolute atomic E-state index is 12.0. The summed E-state index contributed by atoms with van der Waals surface area (Å²) in [5.41, 5.74) is 9.15. The molecule has 0 aliphatic carbocycles. The van der Waals surface area contributed by atoms with Crippen molar-refractivity contribution in [3.05, 3.63) is 52.1 Å². The molecule has 1 amide bonds. The molecule has 0 bridgehead atoms. The molecule has 0 unspecified atom stereocenters. The van der Waals surface area contributed by atoms with Crippen molar-refractivity contribution < 1.29 is 4.79 Å². The van der Waals surface area contributed by atoms with Crippen LogP contribution in [-0.4, -0.2) is 22.4 Å². The summed E-state index contributed by atoms with van der Waals surface area (Å²) in [7, 11) is 0. The molecule has 5 nitrogen and oxygen atoms in total. The van der Waals surface area contributed by atoms with E-state index in [2.05, 4.69) is 15.3 Å². The normalized spacial score (nSPS) is 10.9. The summed E-state index contributed by atoms with van der Waals surface area (Å²) in [4.78, 5) is 21.0. The molecule has 0 saturated heterocycles. The first-order chi connectivity index (χ1) is 11.6. The van der Waals surface area contributed by atoms with E-state index in [4.69, 9.17) is 5.73 Å². The first kappa shape index (κ1) is 16.4. The molecule has 0 fully saturated rings. The maximum Gasteiger partial charge on any atom is 0.226 e. The predicted molar refractivity (Wildman–Crippen MR) is 98.0 cm³/mol. The van der Waals surface area contributed by atoms with Gasteiger partial charge in [-0.3, -0.25) is 9.78 Å². The standard InChI is InChI=1S/C18H20N4OS/c1-12-11-24-18(21-12)3-2-8-20-17(23)10-15-6-4-13-9-14(19)5-7-16(13)22-15/h4-7,9,11H,2-3,8,10,19H2,1H3,(H,20,23). The molecule has 0 aliphatic rings. The summed E-state index contributed by atoms with van der Waals surface area (Å²) in [6.07, 6.45) is 2.08. The number of fused-ring (bicyclic) bond motifs is 1. The van der Waals surface area contributed by atoms with E-state index in [1.807, 2.05) is 42.6 Å². The Morgan fingerprint density at radius 1 is 1.25 bits per heavy atom. The molecule has 0 saturated carbocycles. The summed E-state index contributed by atoms with van der Waals surface area (Å²) >= 11 is 1.67. The Labute approximate surface area is 144 Å². The van der Waals surface area contributed by atoms with E-state index in [1.54, 1.807) is 11.3 Å². The lowest BCUT2D eigenvalue weighted by Gasteiger charge is -2.06. The first-order valence-electron chi connectivity index (χ1n) is 7.93. The minimum atomic E-state index is -0.00684. The van der Waals surface area contributed by atoms with Gasteiger partial charge >= 0.3 is 0 Å². The van der Waals surface area contributed by atoms with Gasteiger partial charge in [-0.05, 0) is 37.6 Å². The molecule has 1 aromatic carbocycles. The van der Waals surface area contributed by atoms with Crippen LogP contribution < -0.4 is 11.1 Å². The summed E-state index contributed by atoms with van der Waals surface area (Å²) in [6.45, 7) is 2.65. The second-order valence-corrected chi connectivity index (χ2v) is 6.71. The largest absolute Gasteiger partial charge is 0.399 e. The number of nitrogens with one attached hydrogen (secondary N) is 1. The molecule has 2 aromatic heterocycles. The Bertz CT molecular complexity index is 859. The highest BCUT2D eigenvalue weighted by atomic mass is 32.1. The summed E-state index contributed by atoms with van der Waals surface area (Å²) < 4.78 is 0. The number of carbonyl (C=O) groups is 1. The first-order valence-corrected chi connectivity index (χ1v) is 8.81. The van der Waals surface area contributed by atoms with Crippen LogP contribution >= 0.6 is 11.3 Å². The van der Waals surface area contributed by atoms with Crippen LogP contribution in [0.1, 0.15) is 22.8 Å². The molecule has 3 rings (SSSR count). The average molecular weight is 340 g/mol. The smallest absolute Gasteiger partial charge is 0.226 e. The van der Waals surface area contributed by atoms with Crippen LogP contribution in [0, 0.1) is 6.92 Å². The molecule has 124 valence electrons. The van der Waals surface area contributed by atoms with Gasteiger partial charge in [-0.15, -0.1) is 11.3 Å². The van der Waals surface area contributed by atoms with Gasteiger partial charge in [0.15, 0.2) is 0 Å². The van der Waals surface area contributed by atoms with Crippen LogP contribution in [0.2, 0.25) is 0 Å². The van der Waals surface area contributed by atoms with Gasteiger partial charge in [0.2, 0.25) is 5.91 Å². The number of hydrogen-bond donors (Lipinski definition) is 2. The molecular formula is C18H20N4OS. The van der Waals surface area contributed by atoms with E-state index in [0.717, 1.165) is 40.1 Å². The number of hydrogen-bond acceptors (Lipinski definition) is 5. The number of rotatable bonds is 6. The van der Waals surface area contributed by atoms with Crippen molar-refractivity contribution >= 4 is 33.8 Å². The van der Waals surface area contributed by atoms with Gasteiger partial charge in [0.05, 0.1) is 22.6 Å². The molecule has 0 atom stereocenters. The number of nitrogens with two attached hydrogens (primary N) is 1. The maximum atomic E-state index is 12.0. The van der Waals surface area contributed by atoms with Crippen molar-refractivity contribution in [2.75, 3.05) is 12.3 Å². The molecule has 6 heteroatoms. The second kappa shape index (κ2) is 7.40. The van der Waals surface area contributed by atoms with Gasteiger partial charge in [0, 0.05) is 35.1 Å². The Morgan fingerprint density at radius 2 is 2.12 bits per heavy atom. The van der Waals surface area contributed by atoms with E-state index < -0.39 is 0 Å². The number of aromatic nitrogens is 2. The van der Waals surface area contributed by atoms with Crippen LogP contribution in [0.4, 0.5) is 5.69 Å². The van der Waals surface area contributed by atoms with E-state index >= 15 is 0 Å². The fourth-order valence-electron chi connectivity index (χ4n) is 2.50. The van der Waals surface area contributed by atoms with Gasteiger partial charge in [0.1, 0.15) is 0 Å². The highest BCUT2D eigenvalue weighted by Crippen LogP contribution is 2.16.